The van der Waals surface area contributed by atoms with E-state index in [4.69, 9.17) is 26.6 Å². The summed E-state index contributed by atoms with van der Waals surface area (Å²) in [5.74, 6) is -6.31. The number of nitrogens with one attached hydrogen (secondary N) is 2. The Balaban J connectivity index is 0.000000203. The fraction of sp³-hybridized carbons (Fsp3) is 0.273. The molecule has 6 N–H and O–H groups in total. The van der Waals surface area contributed by atoms with Gasteiger partial charge in [0.25, 0.3) is 22.9 Å². The Kier molecular flexibility index (Phi) is 10.5. The van der Waals surface area contributed by atoms with Crippen LogP contribution in [0.1, 0.15) is 26.3 Å². The molecule has 0 spiro atoms. The van der Waals surface area contributed by atoms with Gasteiger partial charge in [-0.05, 0) is 30.3 Å². The highest BCUT2D eigenvalue weighted by atomic mass is 35.5. The maximum absolute atomic E-state index is 13.8. The molecule has 0 saturated carbocycles. The zero-order chi connectivity index (χ0) is 41.7. The summed E-state index contributed by atoms with van der Waals surface area (Å²) in [5.41, 5.74) is -3.68. The average Bonchev–Trinajstić information content (AvgIpc) is 3.73. The van der Waals surface area contributed by atoms with Gasteiger partial charge in [0.15, 0.2) is 33.9 Å². The fourth-order valence-corrected chi connectivity index (χ4v) is 6.34. The third-order valence-electron chi connectivity index (χ3n) is 8.77. The van der Waals surface area contributed by atoms with Crippen molar-refractivity contribution < 1.29 is 57.5 Å². The Hall–Kier alpha value is -6.88. The number of carboxylic acid groups (broad SMARTS) is 2. The fourth-order valence-electron chi connectivity index (χ4n) is 6.17. The number of halogens is 4. The lowest BCUT2D eigenvalue weighted by molar-refractivity contribution is -0.137. The highest BCUT2D eigenvalue weighted by Crippen LogP contribution is 2.40. The molecule has 1 saturated heterocycles. The van der Waals surface area contributed by atoms with E-state index in [0.717, 1.165) is 19.9 Å². The standard InChI is InChI=1S/C19H18F3N5O6.C14H11ClN4O5/c1-25-18(32)14(17(31)23-8-13(28)29)15(30)16-24-10-6-9(19(20,21)22)11(7-12(10)27(16)25)26-2-4-33-5-3-26;1-18-14(24)10(13(23)16-5-9(20)21)11(22)12-17-7-3-2-6(15)4-8(7)19(12)18/h6-7,30H,2-5,8H2,1H3,(H,23,31)(H,28,29);2-4,22H,5H2,1H3,(H,16,23)(H,20,21). The number of aromatic nitrogens is 6. The number of carboxylic acids is 2. The van der Waals surface area contributed by atoms with Crippen LogP contribution >= 0.6 is 11.6 Å². The molecular formula is C33H29ClF3N9O11. The smallest absolute Gasteiger partial charge is 0.418 e. The van der Waals surface area contributed by atoms with E-state index in [9.17, 15) is 52.2 Å². The van der Waals surface area contributed by atoms with Crippen molar-refractivity contribution >= 4 is 74.4 Å². The van der Waals surface area contributed by atoms with Gasteiger partial charge in [-0.3, -0.25) is 28.8 Å². The van der Waals surface area contributed by atoms with Crippen LogP contribution in [0.4, 0.5) is 18.9 Å². The predicted octanol–water partition coefficient (Wildman–Crippen LogP) is 0.921. The second-order valence-electron chi connectivity index (χ2n) is 12.3. The number of aryl methyl sites for hydroxylation is 2. The lowest BCUT2D eigenvalue weighted by Gasteiger charge is -2.31. The van der Waals surface area contributed by atoms with Gasteiger partial charge in [-0.25, -0.2) is 28.4 Å². The molecule has 57 heavy (non-hydrogen) atoms. The molecule has 2 amide bonds. The number of carbonyl (C=O) groups excluding carboxylic acids is 2. The lowest BCUT2D eigenvalue weighted by Crippen LogP contribution is -2.37. The number of benzene rings is 2. The van der Waals surface area contributed by atoms with E-state index >= 15 is 0 Å². The number of ether oxygens (including phenoxy) is 1. The Bertz CT molecular complexity index is 2790. The third-order valence-corrected chi connectivity index (χ3v) is 9.00. The van der Waals surface area contributed by atoms with Crippen molar-refractivity contribution in [2.45, 2.75) is 6.18 Å². The minimum Gasteiger partial charge on any atom is -0.504 e. The number of hydrogen-bond acceptors (Lipinski definition) is 12. The van der Waals surface area contributed by atoms with Gasteiger partial charge >= 0.3 is 18.1 Å². The SMILES string of the molecule is Cn1c(=O)c(C(=O)NCC(=O)O)c(O)c2nc3cc(C(F)(F)F)c(N4CCOCC4)cc3n21.Cn1c(=O)c(C(=O)NCC(=O)O)c(O)c2nc3ccc(Cl)cc3n21. The second-order valence-corrected chi connectivity index (χ2v) is 12.8. The molecular weight excluding hydrogens is 791 g/mol. The lowest BCUT2D eigenvalue weighted by atomic mass is 10.1. The number of aliphatic carboxylic acids is 2. The first kappa shape index (κ1) is 39.8. The molecule has 1 aliphatic heterocycles. The van der Waals surface area contributed by atoms with Crippen molar-refractivity contribution in [3.05, 3.63) is 72.8 Å². The molecule has 2 aromatic carbocycles. The molecule has 6 aromatic rings. The number of hydrogen-bond donors (Lipinski definition) is 6. The Labute approximate surface area is 319 Å². The van der Waals surface area contributed by atoms with Crippen molar-refractivity contribution in [3.63, 3.8) is 0 Å². The van der Waals surface area contributed by atoms with E-state index in [0.29, 0.717) is 16.1 Å². The molecule has 20 nitrogen and oxygen atoms in total. The summed E-state index contributed by atoms with van der Waals surface area (Å²) >= 11 is 5.95. The van der Waals surface area contributed by atoms with Crippen LogP contribution in [0.15, 0.2) is 39.9 Å². The van der Waals surface area contributed by atoms with Crippen molar-refractivity contribution in [1.29, 1.82) is 0 Å². The van der Waals surface area contributed by atoms with E-state index in [1.54, 1.807) is 18.2 Å². The summed E-state index contributed by atoms with van der Waals surface area (Å²) in [6.07, 6.45) is -4.70. The van der Waals surface area contributed by atoms with Crippen LogP contribution in [0.3, 0.4) is 0 Å². The first-order chi connectivity index (χ1) is 26.8. The summed E-state index contributed by atoms with van der Waals surface area (Å²) < 4.78 is 51.1. The summed E-state index contributed by atoms with van der Waals surface area (Å²) in [4.78, 5) is 80.5. The van der Waals surface area contributed by atoms with Gasteiger partial charge in [-0.2, -0.15) is 13.2 Å². The maximum atomic E-state index is 13.8. The molecule has 7 rings (SSSR count). The topological polar surface area (TPSA) is 264 Å². The van der Waals surface area contributed by atoms with Crippen molar-refractivity contribution in [2.75, 3.05) is 44.3 Å². The summed E-state index contributed by atoms with van der Waals surface area (Å²) in [5, 5.41) is 42.7. The molecule has 0 radical (unpaired) electrons. The molecule has 0 atom stereocenters. The van der Waals surface area contributed by atoms with E-state index in [1.807, 2.05) is 10.6 Å². The molecule has 0 aliphatic carbocycles. The minimum absolute atomic E-state index is 0.0187. The summed E-state index contributed by atoms with van der Waals surface area (Å²) in [6.45, 7) is -0.542. The average molecular weight is 820 g/mol. The normalized spacial score (nSPS) is 13.2. The van der Waals surface area contributed by atoms with E-state index in [1.165, 1.54) is 29.6 Å². The Morgan fingerprint density at radius 2 is 1.26 bits per heavy atom. The number of anilines is 1. The number of fused-ring (bicyclic) bond motifs is 6. The summed E-state index contributed by atoms with van der Waals surface area (Å²) in [7, 11) is 2.64. The van der Waals surface area contributed by atoms with Crippen LogP contribution in [-0.4, -0.2) is 112 Å². The number of rotatable bonds is 7. The molecule has 24 heteroatoms. The third kappa shape index (κ3) is 7.31. The van der Waals surface area contributed by atoms with E-state index in [2.05, 4.69) is 9.97 Å². The number of alkyl halides is 3. The number of amides is 2. The molecule has 1 aliphatic rings. The highest BCUT2D eigenvalue weighted by molar-refractivity contribution is 6.31. The highest BCUT2D eigenvalue weighted by Gasteiger charge is 2.37. The number of aromatic hydroxyl groups is 2. The predicted molar refractivity (Wildman–Crippen MR) is 192 cm³/mol. The van der Waals surface area contributed by atoms with Crippen LogP contribution in [0, 0.1) is 0 Å². The maximum Gasteiger partial charge on any atom is 0.418 e. The van der Waals surface area contributed by atoms with Crippen LogP contribution in [0.5, 0.6) is 11.5 Å². The molecule has 300 valence electrons. The zero-order valence-corrected chi connectivity index (χ0v) is 30.2. The van der Waals surface area contributed by atoms with Crippen molar-refractivity contribution in [1.82, 2.24) is 39.0 Å². The van der Waals surface area contributed by atoms with E-state index in [-0.39, 0.29) is 54.3 Å². The molecule has 4 aromatic heterocycles. The van der Waals surface area contributed by atoms with Crippen molar-refractivity contribution in [2.24, 2.45) is 14.1 Å². The monoisotopic (exact) mass is 819 g/mol. The van der Waals surface area contributed by atoms with Gasteiger partial charge in [0.1, 0.15) is 13.1 Å². The molecule has 0 unspecified atom stereocenters. The number of imidazole rings is 2. The quantitative estimate of drug-likeness (QED) is 0.131. The number of morpholine rings is 1. The van der Waals surface area contributed by atoms with Gasteiger partial charge in [-0.15, -0.1) is 0 Å². The molecule has 1 fully saturated rings. The van der Waals surface area contributed by atoms with Crippen LogP contribution in [0.25, 0.3) is 33.4 Å². The molecule has 0 bridgehead atoms. The first-order valence-electron chi connectivity index (χ1n) is 16.4. The Morgan fingerprint density at radius 3 is 1.74 bits per heavy atom. The van der Waals surface area contributed by atoms with Crippen LogP contribution in [-0.2, 0) is 34.6 Å². The van der Waals surface area contributed by atoms with Crippen molar-refractivity contribution in [3.8, 4) is 11.5 Å². The van der Waals surface area contributed by atoms with Gasteiger partial charge in [0.2, 0.25) is 0 Å². The van der Waals surface area contributed by atoms with Gasteiger partial charge in [0.05, 0.1) is 46.5 Å². The first-order valence-corrected chi connectivity index (χ1v) is 16.8. The molecule has 5 heterocycles. The zero-order valence-electron chi connectivity index (χ0n) is 29.4. The number of nitrogens with zero attached hydrogens (tertiary/aromatic N) is 7. The van der Waals surface area contributed by atoms with Crippen LogP contribution < -0.4 is 26.7 Å². The van der Waals surface area contributed by atoms with Gasteiger partial charge in [0, 0.05) is 32.2 Å². The van der Waals surface area contributed by atoms with Gasteiger partial charge in [-0.1, -0.05) is 11.6 Å². The van der Waals surface area contributed by atoms with Crippen LogP contribution in [0.2, 0.25) is 5.02 Å². The minimum atomic E-state index is -4.70. The Morgan fingerprint density at radius 1 is 0.789 bits per heavy atom. The largest absolute Gasteiger partial charge is 0.504 e. The van der Waals surface area contributed by atoms with Gasteiger partial charge < -0.3 is 40.7 Å². The van der Waals surface area contributed by atoms with E-state index < -0.39 is 82.3 Å². The summed E-state index contributed by atoms with van der Waals surface area (Å²) in [6, 6.07) is 6.83. The number of carbonyl (C=O) groups is 4. The second kappa shape index (κ2) is 15.0.